The van der Waals surface area contributed by atoms with Gasteiger partial charge in [0.25, 0.3) is 5.91 Å². The summed E-state index contributed by atoms with van der Waals surface area (Å²) in [5, 5.41) is 21.3. The zero-order valence-electron chi connectivity index (χ0n) is 18.0. The maximum absolute atomic E-state index is 12.2. The quantitative estimate of drug-likeness (QED) is 0.231. The summed E-state index contributed by atoms with van der Waals surface area (Å²) < 4.78 is 31.7. The largest absolute Gasteiger partial charge is 0.490 e. The van der Waals surface area contributed by atoms with Crippen LogP contribution in [0.25, 0.3) is 0 Å². The third-order valence-corrected chi connectivity index (χ3v) is 3.93. The van der Waals surface area contributed by atoms with E-state index in [0.29, 0.717) is 11.3 Å². The number of aliphatic carboxylic acids is 2. The van der Waals surface area contributed by atoms with Crippen molar-refractivity contribution in [2.75, 3.05) is 6.54 Å². The lowest BCUT2D eigenvalue weighted by molar-refractivity contribution is -0.192. The van der Waals surface area contributed by atoms with Gasteiger partial charge in [-0.15, -0.1) is 0 Å². The van der Waals surface area contributed by atoms with Gasteiger partial charge < -0.3 is 32.3 Å². The molecule has 11 nitrogen and oxygen atoms in total. The number of halogens is 3. The summed E-state index contributed by atoms with van der Waals surface area (Å²) in [6, 6.07) is 14.3. The van der Waals surface area contributed by atoms with Gasteiger partial charge in [0, 0.05) is 5.56 Å². The van der Waals surface area contributed by atoms with Crippen molar-refractivity contribution in [2.24, 2.45) is 16.5 Å². The molecule has 2 aromatic rings. The number of amides is 2. The Morgan fingerprint density at radius 3 is 2.09 bits per heavy atom. The number of alkyl halides is 3. The minimum atomic E-state index is -5.08. The molecule has 2 aromatic carbocycles. The lowest BCUT2D eigenvalue weighted by Crippen LogP contribution is -2.39. The van der Waals surface area contributed by atoms with Gasteiger partial charge in [-0.1, -0.05) is 36.4 Å². The fourth-order valence-electron chi connectivity index (χ4n) is 2.49. The van der Waals surface area contributed by atoms with Crippen molar-refractivity contribution in [1.29, 1.82) is 0 Å². The number of carboxylic acid groups (broad SMARTS) is 2. The van der Waals surface area contributed by atoms with Gasteiger partial charge >= 0.3 is 18.1 Å². The number of rotatable bonds is 8. The first-order valence-electron chi connectivity index (χ1n) is 9.63. The molecule has 14 heteroatoms. The minimum Gasteiger partial charge on any atom is -0.481 e. The fraction of sp³-hybridized carbons (Fsp3) is 0.190. The number of guanidine groups is 1. The Labute approximate surface area is 196 Å². The molecule has 0 saturated carbocycles. The standard InChI is InChI=1S/C19H21N5O4.C2HF3O2/c20-19(21)23-14-8-4-7-13(9-14)18(28)22-11-16(25)24-15(10-17(26)27)12-5-2-1-3-6-12;3-2(4,5)1(6)7/h1-9,15H,10-11H2,(H,22,28)(H,24,25)(H,26,27)(H4,20,21,23);(H,6,7). The predicted molar refractivity (Wildman–Crippen MR) is 118 cm³/mol. The van der Waals surface area contributed by atoms with Gasteiger partial charge in [-0.2, -0.15) is 13.2 Å². The Balaban J connectivity index is 0.000000762. The molecular formula is C21H22F3N5O6. The van der Waals surface area contributed by atoms with E-state index in [4.69, 9.17) is 26.5 Å². The monoisotopic (exact) mass is 497 g/mol. The Morgan fingerprint density at radius 1 is 0.971 bits per heavy atom. The van der Waals surface area contributed by atoms with Crippen LogP contribution in [0.2, 0.25) is 0 Å². The second-order valence-electron chi connectivity index (χ2n) is 6.70. The van der Waals surface area contributed by atoms with Crippen molar-refractivity contribution in [1.82, 2.24) is 10.6 Å². The molecule has 0 aromatic heterocycles. The molecule has 0 radical (unpaired) electrons. The molecule has 0 spiro atoms. The highest BCUT2D eigenvalue weighted by molar-refractivity contribution is 5.97. The van der Waals surface area contributed by atoms with Crippen LogP contribution in [0.15, 0.2) is 59.6 Å². The second-order valence-corrected chi connectivity index (χ2v) is 6.70. The summed E-state index contributed by atoms with van der Waals surface area (Å²) in [6.45, 7) is -0.311. The van der Waals surface area contributed by atoms with E-state index in [-0.39, 0.29) is 24.5 Å². The summed E-state index contributed by atoms with van der Waals surface area (Å²) in [5.41, 5.74) is 12.0. The number of hydrogen-bond acceptors (Lipinski definition) is 5. The number of carbonyl (C=O) groups is 4. The van der Waals surface area contributed by atoms with Crippen LogP contribution in [0.4, 0.5) is 18.9 Å². The second kappa shape index (κ2) is 13.2. The van der Waals surface area contributed by atoms with Crippen LogP contribution in [-0.4, -0.2) is 52.6 Å². The maximum atomic E-state index is 12.2. The fourth-order valence-corrected chi connectivity index (χ4v) is 2.49. The highest BCUT2D eigenvalue weighted by atomic mass is 19.4. The van der Waals surface area contributed by atoms with Crippen molar-refractivity contribution in [3.05, 3.63) is 65.7 Å². The molecule has 35 heavy (non-hydrogen) atoms. The van der Waals surface area contributed by atoms with E-state index in [2.05, 4.69) is 15.6 Å². The molecule has 0 heterocycles. The van der Waals surface area contributed by atoms with Gasteiger partial charge in [0.1, 0.15) is 0 Å². The molecule has 188 valence electrons. The highest BCUT2D eigenvalue weighted by Gasteiger charge is 2.38. The lowest BCUT2D eigenvalue weighted by Gasteiger charge is -2.17. The van der Waals surface area contributed by atoms with E-state index in [9.17, 15) is 27.6 Å². The van der Waals surface area contributed by atoms with Crippen LogP contribution >= 0.6 is 0 Å². The molecule has 0 fully saturated rings. The number of carboxylic acids is 2. The number of hydrogen-bond donors (Lipinski definition) is 6. The van der Waals surface area contributed by atoms with Crippen LogP contribution < -0.4 is 22.1 Å². The Hall–Kier alpha value is -4.62. The van der Waals surface area contributed by atoms with E-state index in [1.807, 2.05) is 0 Å². The highest BCUT2D eigenvalue weighted by Crippen LogP contribution is 2.17. The number of benzene rings is 2. The number of nitrogens with two attached hydrogens (primary N) is 2. The predicted octanol–water partition coefficient (Wildman–Crippen LogP) is 1.29. The van der Waals surface area contributed by atoms with Gasteiger partial charge in [0.2, 0.25) is 5.91 Å². The Bertz CT molecular complexity index is 1070. The van der Waals surface area contributed by atoms with E-state index in [1.54, 1.807) is 48.5 Å². The molecular weight excluding hydrogens is 475 g/mol. The first kappa shape index (κ1) is 28.4. The number of carbonyl (C=O) groups excluding carboxylic acids is 2. The molecule has 2 rings (SSSR count). The summed E-state index contributed by atoms with van der Waals surface area (Å²) in [7, 11) is 0. The zero-order chi connectivity index (χ0) is 26.6. The van der Waals surface area contributed by atoms with Crippen molar-refractivity contribution in [3.63, 3.8) is 0 Å². The third-order valence-electron chi connectivity index (χ3n) is 3.93. The number of nitrogens with zero attached hydrogens (tertiary/aromatic N) is 1. The average molecular weight is 497 g/mol. The number of aliphatic imine (C=N–C) groups is 1. The molecule has 0 bridgehead atoms. The van der Waals surface area contributed by atoms with Gasteiger partial charge in [0.15, 0.2) is 5.96 Å². The Kier molecular flexibility index (Phi) is 10.7. The third kappa shape index (κ3) is 11.2. The zero-order valence-corrected chi connectivity index (χ0v) is 18.0. The van der Waals surface area contributed by atoms with Gasteiger partial charge in [-0.3, -0.25) is 14.4 Å². The summed E-state index contributed by atoms with van der Waals surface area (Å²) in [4.78, 5) is 48.2. The molecule has 8 N–H and O–H groups in total. The molecule has 1 unspecified atom stereocenters. The Morgan fingerprint density at radius 2 is 1.57 bits per heavy atom. The summed E-state index contributed by atoms with van der Waals surface area (Å²) in [5.74, 6) is -4.94. The number of nitrogens with one attached hydrogen (secondary N) is 2. The normalized spacial score (nSPS) is 11.2. The maximum Gasteiger partial charge on any atom is 0.490 e. The van der Waals surface area contributed by atoms with Gasteiger partial charge in [0.05, 0.1) is 24.7 Å². The van der Waals surface area contributed by atoms with E-state index < -0.39 is 36.0 Å². The van der Waals surface area contributed by atoms with Crippen LogP contribution in [0.3, 0.4) is 0 Å². The first-order chi connectivity index (χ1) is 16.3. The van der Waals surface area contributed by atoms with Crippen LogP contribution in [0.1, 0.15) is 28.4 Å². The van der Waals surface area contributed by atoms with Crippen molar-refractivity contribution in [3.8, 4) is 0 Å². The molecule has 2 amide bonds. The van der Waals surface area contributed by atoms with Gasteiger partial charge in [-0.25, -0.2) is 9.79 Å². The van der Waals surface area contributed by atoms with Crippen molar-refractivity contribution >= 4 is 35.4 Å². The molecule has 0 aliphatic carbocycles. The smallest absolute Gasteiger partial charge is 0.481 e. The van der Waals surface area contributed by atoms with E-state index in [0.717, 1.165) is 0 Å². The summed E-state index contributed by atoms with van der Waals surface area (Å²) >= 11 is 0. The van der Waals surface area contributed by atoms with Crippen molar-refractivity contribution < 1.29 is 42.6 Å². The van der Waals surface area contributed by atoms with Crippen LogP contribution in [0.5, 0.6) is 0 Å². The minimum absolute atomic E-state index is 0.137. The van der Waals surface area contributed by atoms with Crippen LogP contribution in [-0.2, 0) is 14.4 Å². The topological polar surface area (TPSA) is 197 Å². The lowest BCUT2D eigenvalue weighted by atomic mass is 10.0. The van der Waals surface area contributed by atoms with E-state index >= 15 is 0 Å². The SMILES string of the molecule is NC(N)=Nc1cccc(C(=O)NCC(=O)NC(CC(=O)O)c2ccccc2)c1.O=C(O)C(F)(F)F. The summed E-state index contributed by atoms with van der Waals surface area (Å²) in [6.07, 6.45) is -5.36. The molecule has 0 aliphatic rings. The molecule has 1 atom stereocenters. The first-order valence-corrected chi connectivity index (χ1v) is 9.63. The van der Waals surface area contributed by atoms with Gasteiger partial charge in [-0.05, 0) is 23.8 Å². The van der Waals surface area contributed by atoms with Crippen LogP contribution in [0, 0.1) is 0 Å². The van der Waals surface area contributed by atoms with Crippen molar-refractivity contribution in [2.45, 2.75) is 18.6 Å². The van der Waals surface area contributed by atoms with E-state index in [1.165, 1.54) is 6.07 Å². The molecule has 0 saturated heterocycles. The molecule has 0 aliphatic heterocycles. The average Bonchev–Trinajstić information content (AvgIpc) is 2.77.